The number of hydrogen-bond acceptors (Lipinski definition) is 3. The second-order valence-electron chi connectivity index (χ2n) is 5.99. The van der Waals surface area contributed by atoms with Crippen LogP contribution in [0.15, 0.2) is 24.4 Å². The van der Waals surface area contributed by atoms with Crippen molar-refractivity contribution in [2.75, 3.05) is 18.4 Å². The maximum absolute atomic E-state index is 12.5. The fraction of sp³-hybridized carbons (Fsp3) is 0.412. The molecule has 0 saturated heterocycles. The van der Waals surface area contributed by atoms with E-state index in [1.807, 2.05) is 18.3 Å². The molecule has 0 unspecified atom stereocenters. The van der Waals surface area contributed by atoms with Crippen LogP contribution in [0.1, 0.15) is 33.9 Å². The van der Waals surface area contributed by atoms with Crippen LogP contribution < -0.4 is 10.6 Å². The van der Waals surface area contributed by atoms with Crippen LogP contribution >= 0.6 is 0 Å². The lowest BCUT2D eigenvalue weighted by Crippen LogP contribution is -2.18. The Labute approximate surface area is 129 Å². The minimum absolute atomic E-state index is 0.103. The minimum Gasteiger partial charge on any atom is -0.333 e. The van der Waals surface area contributed by atoms with Crippen molar-refractivity contribution in [1.82, 2.24) is 14.9 Å². The topological polar surface area (TPSA) is 59.0 Å². The lowest BCUT2D eigenvalue weighted by atomic mass is 10.1. The third kappa shape index (κ3) is 2.41. The van der Waals surface area contributed by atoms with E-state index >= 15 is 0 Å². The van der Waals surface area contributed by atoms with Crippen LogP contribution in [0.5, 0.6) is 0 Å². The van der Waals surface area contributed by atoms with Gasteiger partial charge in [0.15, 0.2) is 0 Å². The summed E-state index contributed by atoms with van der Waals surface area (Å²) in [5.41, 5.74) is 4.13. The zero-order valence-electron chi connectivity index (χ0n) is 12.6. The van der Waals surface area contributed by atoms with Crippen molar-refractivity contribution >= 4 is 11.6 Å². The highest BCUT2D eigenvalue weighted by atomic mass is 16.1. The van der Waals surface area contributed by atoms with E-state index in [2.05, 4.69) is 26.3 Å². The Morgan fingerprint density at radius 1 is 1.23 bits per heavy atom. The number of imidazole rings is 1. The van der Waals surface area contributed by atoms with Crippen LogP contribution in [0.25, 0.3) is 0 Å². The number of rotatable bonds is 2. The lowest BCUT2D eigenvalue weighted by Gasteiger charge is -2.09. The predicted molar refractivity (Wildman–Crippen MR) is 85.2 cm³/mol. The van der Waals surface area contributed by atoms with Crippen molar-refractivity contribution in [3.63, 3.8) is 0 Å². The Hall–Kier alpha value is -2.14. The Morgan fingerprint density at radius 2 is 2.18 bits per heavy atom. The molecule has 22 heavy (non-hydrogen) atoms. The van der Waals surface area contributed by atoms with E-state index in [0.29, 0.717) is 5.69 Å². The first-order valence-electron chi connectivity index (χ1n) is 8.00. The predicted octanol–water partition coefficient (Wildman–Crippen LogP) is 1.77. The molecule has 1 aromatic carbocycles. The third-order valence-corrected chi connectivity index (χ3v) is 4.54. The summed E-state index contributed by atoms with van der Waals surface area (Å²) in [7, 11) is 0. The molecule has 0 saturated carbocycles. The molecule has 0 fully saturated rings. The first-order chi connectivity index (χ1) is 10.8. The van der Waals surface area contributed by atoms with Crippen LogP contribution in [0.4, 0.5) is 5.69 Å². The highest BCUT2D eigenvalue weighted by Gasteiger charge is 2.19. The summed E-state index contributed by atoms with van der Waals surface area (Å²) in [5, 5.41) is 6.39. The van der Waals surface area contributed by atoms with E-state index in [0.717, 1.165) is 50.4 Å². The van der Waals surface area contributed by atoms with Gasteiger partial charge in [-0.25, -0.2) is 4.98 Å². The second kappa shape index (κ2) is 5.57. The van der Waals surface area contributed by atoms with E-state index in [4.69, 9.17) is 0 Å². The molecule has 2 N–H and O–H groups in total. The van der Waals surface area contributed by atoms with Crippen LogP contribution in [-0.2, 0) is 25.8 Å². The molecule has 5 heteroatoms. The van der Waals surface area contributed by atoms with Crippen molar-refractivity contribution in [3.8, 4) is 0 Å². The number of anilines is 1. The molecule has 5 nitrogen and oxygen atoms in total. The summed E-state index contributed by atoms with van der Waals surface area (Å²) in [6, 6.07) is 6.17. The average molecular weight is 296 g/mol. The highest BCUT2D eigenvalue weighted by Crippen LogP contribution is 2.28. The van der Waals surface area contributed by atoms with Crippen LogP contribution in [-0.4, -0.2) is 28.5 Å². The number of nitrogens with zero attached hydrogens (tertiary/aromatic N) is 2. The monoisotopic (exact) mass is 296 g/mol. The molecule has 2 aromatic rings. The normalized spacial score (nSPS) is 16.7. The van der Waals surface area contributed by atoms with Crippen molar-refractivity contribution < 1.29 is 4.79 Å². The van der Waals surface area contributed by atoms with Gasteiger partial charge in [-0.05, 0) is 36.5 Å². The number of carbonyl (C=O) groups is 1. The molecule has 1 aliphatic heterocycles. The van der Waals surface area contributed by atoms with E-state index < -0.39 is 0 Å². The number of aromatic nitrogens is 2. The minimum atomic E-state index is -0.103. The molecule has 1 aromatic heterocycles. The van der Waals surface area contributed by atoms with Gasteiger partial charge in [0.2, 0.25) is 0 Å². The molecule has 114 valence electrons. The number of carbonyl (C=O) groups excluding carboxylic acids is 1. The quantitative estimate of drug-likeness (QED) is 0.888. The van der Waals surface area contributed by atoms with E-state index in [-0.39, 0.29) is 5.91 Å². The summed E-state index contributed by atoms with van der Waals surface area (Å²) in [6.45, 7) is 2.72. The van der Waals surface area contributed by atoms with Gasteiger partial charge in [0.25, 0.3) is 5.91 Å². The van der Waals surface area contributed by atoms with Crippen molar-refractivity contribution in [2.24, 2.45) is 0 Å². The molecule has 0 bridgehead atoms. The van der Waals surface area contributed by atoms with Crippen LogP contribution in [0, 0.1) is 0 Å². The molecule has 2 aliphatic rings. The first kappa shape index (κ1) is 13.5. The van der Waals surface area contributed by atoms with Crippen LogP contribution in [0.2, 0.25) is 0 Å². The standard InChI is InChI=1S/C17H20N4O/c22-17(15-11-21-10-9-18-8-7-16(21)19-15)20-14-6-2-4-12-3-1-5-13(12)14/h2,4,6,11,18H,1,3,5,7-10H2,(H,20,22). The highest BCUT2D eigenvalue weighted by molar-refractivity contribution is 6.03. The number of benzene rings is 1. The SMILES string of the molecule is O=C(Nc1cccc2c1CCC2)c1cn2c(n1)CCNCC2. The molecule has 0 atom stereocenters. The lowest BCUT2D eigenvalue weighted by molar-refractivity contribution is 0.102. The fourth-order valence-electron chi connectivity index (χ4n) is 3.40. The zero-order chi connectivity index (χ0) is 14.9. The van der Waals surface area contributed by atoms with Gasteiger partial charge in [-0.2, -0.15) is 0 Å². The number of fused-ring (bicyclic) bond motifs is 2. The summed E-state index contributed by atoms with van der Waals surface area (Å²) >= 11 is 0. The summed E-state index contributed by atoms with van der Waals surface area (Å²) < 4.78 is 2.09. The molecule has 1 aliphatic carbocycles. The Balaban J connectivity index is 1.57. The van der Waals surface area contributed by atoms with E-state index in [1.54, 1.807) is 0 Å². The molecular weight excluding hydrogens is 276 g/mol. The number of nitrogens with one attached hydrogen (secondary N) is 2. The van der Waals surface area contributed by atoms with Gasteiger partial charge < -0.3 is 15.2 Å². The number of aryl methyl sites for hydroxylation is 1. The Morgan fingerprint density at radius 3 is 3.14 bits per heavy atom. The first-order valence-corrected chi connectivity index (χ1v) is 8.00. The van der Waals surface area contributed by atoms with E-state index in [1.165, 1.54) is 17.5 Å². The van der Waals surface area contributed by atoms with Gasteiger partial charge in [0, 0.05) is 37.9 Å². The summed E-state index contributed by atoms with van der Waals surface area (Å²) in [6.07, 6.45) is 6.09. The fourth-order valence-corrected chi connectivity index (χ4v) is 3.40. The Kier molecular flexibility index (Phi) is 3.42. The van der Waals surface area contributed by atoms with Crippen molar-refractivity contribution in [2.45, 2.75) is 32.2 Å². The number of hydrogen-bond donors (Lipinski definition) is 2. The maximum atomic E-state index is 12.5. The third-order valence-electron chi connectivity index (χ3n) is 4.54. The smallest absolute Gasteiger partial charge is 0.275 e. The Bertz CT molecular complexity index is 696. The number of amides is 1. The summed E-state index contributed by atoms with van der Waals surface area (Å²) in [5.74, 6) is 0.891. The maximum Gasteiger partial charge on any atom is 0.275 e. The largest absolute Gasteiger partial charge is 0.333 e. The molecule has 1 amide bonds. The molecule has 0 spiro atoms. The van der Waals surface area contributed by atoms with E-state index in [9.17, 15) is 4.79 Å². The van der Waals surface area contributed by atoms with Gasteiger partial charge >= 0.3 is 0 Å². The molecule has 2 heterocycles. The molecule has 4 rings (SSSR count). The van der Waals surface area contributed by atoms with Gasteiger partial charge in [0.1, 0.15) is 11.5 Å². The van der Waals surface area contributed by atoms with Gasteiger partial charge in [-0.3, -0.25) is 4.79 Å². The second-order valence-corrected chi connectivity index (χ2v) is 5.99. The molecular formula is C17H20N4O. The average Bonchev–Trinajstić information content (AvgIpc) is 3.10. The van der Waals surface area contributed by atoms with Crippen molar-refractivity contribution in [3.05, 3.63) is 47.0 Å². The molecule has 0 radical (unpaired) electrons. The van der Waals surface area contributed by atoms with Gasteiger partial charge in [-0.1, -0.05) is 12.1 Å². The zero-order valence-corrected chi connectivity index (χ0v) is 12.6. The van der Waals surface area contributed by atoms with Crippen molar-refractivity contribution in [1.29, 1.82) is 0 Å². The van der Waals surface area contributed by atoms with Gasteiger partial charge in [0.05, 0.1) is 0 Å². The summed E-state index contributed by atoms with van der Waals surface area (Å²) in [4.78, 5) is 17.0. The van der Waals surface area contributed by atoms with Crippen LogP contribution in [0.3, 0.4) is 0 Å². The van der Waals surface area contributed by atoms with Gasteiger partial charge in [-0.15, -0.1) is 0 Å².